The first-order valence-corrected chi connectivity index (χ1v) is 7.26. The molecule has 1 aliphatic rings. The van der Waals surface area contributed by atoms with Crippen LogP contribution in [-0.2, 0) is 13.5 Å². The number of anilines is 1. The smallest absolute Gasteiger partial charge is 0.132 e. The van der Waals surface area contributed by atoms with Gasteiger partial charge < -0.3 is 14.8 Å². The molecule has 3 rings (SSSR count). The number of aromatic nitrogens is 2. The summed E-state index contributed by atoms with van der Waals surface area (Å²) in [6, 6.07) is 5.87. The number of nitrogens with one attached hydrogen (secondary N) is 1. The van der Waals surface area contributed by atoms with Crippen LogP contribution in [0.5, 0.6) is 11.5 Å². The summed E-state index contributed by atoms with van der Waals surface area (Å²) in [7, 11) is 5.32. The van der Waals surface area contributed by atoms with Crippen LogP contribution in [0, 0.1) is 0 Å². The molecule has 2 aromatic rings. The standard InChI is InChI=1S/C16H21N3O2/c1-19-16-13(6-4-5-9-17-16)15(18-19)12-8-7-11(20-2)10-14(12)21-3/h7-8,10,17H,4-6,9H2,1-3H3. The fourth-order valence-electron chi connectivity index (χ4n) is 2.87. The van der Waals surface area contributed by atoms with Gasteiger partial charge >= 0.3 is 0 Å². The summed E-state index contributed by atoms with van der Waals surface area (Å²) in [5.41, 5.74) is 3.29. The van der Waals surface area contributed by atoms with Gasteiger partial charge in [0.25, 0.3) is 0 Å². The number of aryl methyl sites for hydroxylation is 1. The molecule has 21 heavy (non-hydrogen) atoms. The summed E-state index contributed by atoms with van der Waals surface area (Å²) >= 11 is 0. The second-order valence-electron chi connectivity index (χ2n) is 5.25. The number of hydrogen-bond donors (Lipinski definition) is 1. The minimum Gasteiger partial charge on any atom is -0.497 e. The molecular formula is C16H21N3O2. The minimum atomic E-state index is 0.788. The largest absolute Gasteiger partial charge is 0.497 e. The number of ether oxygens (including phenoxy) is 2. The van der Waals surface area contributed by atoms with Crippen molar-refractivity contribution in [1.29, 1.82) is 0 Å². The fraction of sp³-hybridized carbons (Fsp3) is 0.438. The van der Waals surface area contributed by atoms with Crippen molar-refractivity contribution in [2.45, 2.75) is 19.3 Å². The van der Waals surface area contributed by atoms with E-state index in [1.165, 1.54) is 18.4 Å². The highest BCUT2D eigenvalue weighted by Gasteiger charge is 2.21. The van der Waals surface area contributed by atoms with Gasteiger partial charge in [0.15, 0.2) is 0 Å². The summed E-state index contributed by atoms with van der Waals surface area (Å²) < 4.78 is 12.7. The maximum atomic E-state index is 5.52. The Balaban J connectivity index is 2.12. The number of hydrogen-bond acceptors (Lipinski definition) is 4. The summed E-state index contributed by atoms with van der Waals surface area (Å²) in [6.45, 7) is 1.01. The molecule has 0 fully saturated rings. The van der Waals surface area contributed by atoms with Crippen LogP contribution in [0.4, 0.5) is 5.82 Å². The van der Waals surface area contributed by atoms with Gasteiger partial charge in [-0.1, -0.05) is 0 Å². The number of rotatable bonds is 3. The van der Waals surface area contributed by atoms with E-state index in [-0.39, 0.29) is 0 Å². The molecule has 0 bridgehead atoms. The molecular weight excluding hydrogens is 266 g/mol. The van der Waals surface area contributed by atoms with Gasteiger partial charge in [0.05, 0.1) is 14.2 Å². The van der Waals surface area contributed by atoms with Gasteiger partial charge in [-0.15, -0.1) is 0 Å². The molecule has 1 N–H and O–H groups in total. The van der Waals surface area contributed by atoms with Crippen LogP contribution in [0.2, 0.25) is 0 Å². The third kappa shape index (κ3) is 2.44. The van der Waals surface area contributed by atoms with Gasteiger partial charge in [-0.25, -0.2) is 0 Å². The SMILES string of the molecule is COc1ccc(-c2nn(C)c3c2CCCCN3)c(OC)c1. The minimum absolute atomic E-state index is 0.788. The van der Waals surface area contributed by atoms with Gasteiger partial charge in [0.1, 0.15) is 23.0 Å². The van der Waals surface area contributed by atoms with Crippen LogP contribution >= 0.6 is 0 Å². The van der Waals surface area contributed by atoms with Crippen LogP contribution in [0.25, 0.3) is 11.3 Å². The van der Waals surface area contributed by atoms with Gasteiger partial charge in [-0.2, -0.15) is 5.10 Å². The number of fused-ring (bicyclic) bond motifs is 1. The van der Waals surface area contributed by atoms with Gasteiger partial charge in [0.2, 0.25) is 0 Å². The summed E-state index contributed by atoms with van der Waals surface area (Å²) in [6.07, 6.45) is 3.41. The van der Waals surface area contributed by atoms with E-state index in [0.29, 0.717) is 0 Å². The maximum Gasteiger partial charge on any atom is 0.132 e. The summed E-state index contributed by atoms with van der Waals surface area (Å²) in [5.74, 6) is 2.70. The second-order valence-corrected chi connectivity index (χ2v) is 5.25. The van der Waals surface area contributed by atoms with Crippen molar-refractivity contribution in [3.8, 4) is 22.8 Å². The molecule has 0 spiro atoms. The lowest BCUT2D eigenvalue weighted by Gasteiger charge is -2.10. The Hall–Kier alpha value is -2.17. The Kier molecular flexibility index (Phi) is 3.73. The quantitative estimate of drug-likeness (QED) is 0.943. The molecule has 0 radical (unpaired) electrons. The van der Waals surface area contributed by atoms with Crippen molar-refractivity contribution in [1.82, 2.24) is 9.78 Å². The molecule has 1 aromatic heterocycles. The van der Waals surface area contributed by atoms with Gasteiger partial charge in [-0.3, -0.25) is 4.68 Å². The van der Waals surface area contributed by atoms with E-state index >= 15 is 0 Å². The van der Waals surface area contributed by atoms with Crippen LogP contribution in [0.3, 0.4) is 0 Å². The first kappa shape index (κ1) is 13.8. The third-order valence-electron chi connectivity index (χ3n) is 3.96. The first-order chi connectivity index (χ1) is 10.2. The lowest BCUT2D eigenvalue weighted by atomic mass is 10.0. The zero-order valence-electron chi connectivity index (χ0n) is 12.8. The van der Waals surface area contributed by atoms with Crippen molar-refractivity contribution in [2.75, 3.05) is 26.1 Å². The molecule has 0 saturated heterocycles. The molecule has 2 heterocycles. The molecule has 5 nitrogen and oxygen atoms in total. The van der Waals surface area contributed by atoms with Crippen LogP contribution in [-0.4, -0.2) is 30.5 Å². The Morgan fingerprint density at radius 3 is 2.81 bits per heavy atom. The van der Waals surface area contributed by atoms with Crippen molar-refractivity contribution >= 4 is 5.82 Å². The molecule has 112 valence electrons. The summed E-state index contributed by atoms with van der Waals surface area (Å²) in [5, 5.41) is 8.18. The van der Waals surface area contributed by atoms with E-state index in [1.807, 2.05) is 29.9 Å². The highest BCUT2D eigenvalue weighted by molar-refractivity contribution is 5.75. The molecule has 0 amide bonds. The molecule has 0 unspecified atom stereocenters. The maximum absolute atomic E-state index is 5.52. The van der Waals surface area contributed by atoms with Crippen molar-refractivity contribution < 1.29 is 9.47 Å². The highest BCUT2D eigenvalue weighted by Crippen LogP contribution is 2.38. The molecule has 1 aromatic carbocycles. The zero-order valence-corrected chi connectivity index (χ0v) is 12.8. The van der Waals surface area contributed by atoms with Crippen LogP contribution in [0.15, 0.2) is 18.2 Å². The Labute approximate surface area is 124 Å². The number of nitrogens with zero attached hydrogens (tertiary/aromatic N) is 2. The Morgan fingerprint density at radius 2 is 2.05 bits per heavy atom. The lowest BCUT2D eigenvalue weighted by molar-refractivity contribution is 0.395. The van der Waals surface area contributed by atoms with E-state index < -0.39 is 0 Å². The topological polar surface area (TPSA) is 48.3 Å². The molecule has 0 atom stereocenters. The van der Waals surface area contributed by atoms with Crippen LogP contribution in [0.1, 0.15) is 18.4 Å². The average Bonchev–Trinajstić information content (AvgIpc) is 2.70. The average molecular weight is 287 g/mol. The summed E-state index contributed by atoms with van der Waals surface area (Å²) in [4.78, 5) is 0. The molecule has 1 aliphatic heterocycles. The van der Waals surface area contributed by atoms with Crippen LogP contribution < -0.4 is 14.8 Å². The van der Waals surface area contributed by atoms with Gasteiger partial charge in [0, 0.05) is 30.8 Å². The van der Waals surface area contributed by atoms with E-state index in [1.54, 1.807) is 14.2 Å². The zero-order chi connectivity index (χ0) is 14.8. The van der Waals surface area contributed by atoms with E-state index in [9.17, 15) is 0 Å². The highest BCUT2D eigenvalue weighted by atomic mass is 16.5. The van der Waals surface area contributed by atoms with Crippen molar-refractivity contribution in [3.63, 3.8) is 0 Å². The Bertz CT molecular complexity index is 649. The van der Waals surface area contributed by atoms with Crippen molar-refractivity contribution in [3.05, 3.63) is 23.8 Å². The van der Waals surface area contributed by atoms with E-state index in [0.717, 1.165) is 41.5 Å². The molecule has 0 aliphatic carbocycles. The monoisotopic (exact) mass is 287 g/mol. The molecule has 0 saturated carbocycles. The predicted molar refractivity (Wildman–Crippen MR) is 83.2 cm³/mol. The van der Waals surface area contributed by atoms with E-state index in [2.05, 4.69) is 5.32 Å². The van der Waals surface area contributed by atoms with Crippen molar-refractivity contribution in [2.24, 2.45) is 7.05 Å². The van der Waals surface area contributed by atoms with E-state index in [4.69, 9.17) is 14.6 Å². The normalized spacial score (nSPS) is 14.0. The predicted octanol–water partition coefficient (Wildman–Crippen LogP) is 2.85. The Morgan fingerprint density at radius 1 is 1.19 bits per heavy atom. The number of methoxy groups -OCH3 is 2. The first-order valence-electron chi connectivity index (χ1n) is 7.26. The second kappa shape index (κ2) is 5.68. The lowest BCUT2D eigenvalue weighted by Crippen LogP contribution is -2.04. The fourth-order valence-corrected chi connectivity index (χ4v) is 2.87. The number of benzene rings is 1. The molecule has 5 heteroatoms. The van der Waals surface area contributed by atoms with Gasteiger partial charge in [-0.05, 0) is 31.4 Å². The third-order valence-corrected chi connectivity index (χ3v) is 3.96.